The molecule has 1 saturated carbocycles. The molecule has 2 aliphatic heterocycles. The van der Waals surface area contributed by atoms with E-state index in [-0.39, 0.29) is 35.7 Å². The third-order valence-electron chi connectivity index (χ3n) is 7.14. The maximum atomic E-state index is 13.3. The van der Waals surface area contributed by atoms with Crippen molar-refractivity contribution in [2.24, 2.45) is 11.3 Å². The van der Waals surface area contributed by atoms with Crippen molar-refractivity contribution in [3.8, 4) is 0 Å². The molecule has 178 valence electrons. The van der Waals surface area contributed by atoms with E-state index in [0.29, 0.717) is 50.3 Å². The van der Waals surface area contributed by atoms with Gasteiger partial charge in [0.15, 0.2) is 0 Å². The molecule has 2 heterocycles. The van der Waals surface area contributed by atoms with Crippen LogP contribution >= 0.6 is 0 Å². The van der Waals surface area contributed by atoms with Crippen LogP contribution in [0.4, 0.5) is 4.79 Å². The second kappa shape index (κ2) is 8.80. The van der Waals surface area contributed by atoms with Gasteiger partial charge in [0.2, 0.25) is 5.91 Å². The van der Waals surface area contributed by atoms with E-state index in [1.54, 1.807) is 17.0 Å². The van der Waals surface area contributed by atoms with E-state index in [2.05, 4.69) is 31.4 Å². The Morgan fingerprint density at radius 1 is 1.09 bits per heavy atom. The minimum Gasteiger partial charge on any atom is -0.349 e. The summed E-state index contributed by atoms with van der Waals surface area (Å²) in [6.07, 6.45) is 3.48. The molecule has 1 spiro atoms. The maximum Gasteiger partial charge on any atom is 0.325 e. The first-order valence-electron chi connectivity index (χ1n) is 11.9. The van der Waals surface area contributed by atoms with Gasteiger partial charge in [0.05, 0.1) is 0 Å². The SMILES string of the molecule is CC1CC(C)(C)CC2(C1)NC(=O)N(CC(=O)N1CCC(NC(=O)c3ccccc3)CC1)C2=O. The number of carbonyl (C=O) groups excluding carboxylic acids is 4. The smallest absolute Gasteiger partial charge is 0.325 e. The molecule has 0 radical (unpaired) electrons. The summed E-state index contributed by atoms with van der Waals surface area (Å²) in [6, 6.07) is 8.58. The Balaban J connectivity index is 1.31. The summed E-state index contributed by atoms with van der Waals surface area (Å²) in [5.74, 6) is -0.301. The van der Waals surface area contributed by atoms with Crippen LogP contribution in [0.3, 0.4) is 0 Å². The average Bonchev–Trinajstić information content (AvgIpc) is 2.96. The monoisotopic (exact) mass is 454 g/mol. The van der Waals surface area contributed by atoms with Gasteiger partial charge in [0.1, 0.15) is 12.1 Å². The molecule has 2 atom stereocenters. The van der Waals surface area contributed by atoms with Crippen LogP contribution in [0.2, 0.25) is 0 Å². The van der Waals surface area contributed by atoms with E-state index in [1.165, 1.54) is 0 Å². The Labute approximate surface area is 195 Å². The Kier molecular flexibility index (Phi) is 6.20. The summed E-state index contributed by atoms with van der Waals surface area (Å²) < 4.78 is 0. The number of benzene rings is 1. The molecule has 8 heteroatoms. The standard InChI is InChI=1S/C25H34N4O4/c1-17-13-24(2,3)16-25(14-17)22(32)29(23(33)27-25)15-20(30)28-11-9-19(10-12-28)26-21(31)18-7-5-4-6-8-18/h4-8,17,19H,9-16H2,1-3H3,(H,26,31)(H,27,33). The highest BCUT2D eigenvalue weighted by Crippen LogP contribution is 2.46. The van der Waals surface area contributed by atoms with Gasteiger partial charge in [-0.05, 0) is 55.6 Å². The van der Waals surface area contributed by atoms with Crippen LogP contribution in [0.1, 0.15) is 63.2 Å². The van der Waals surface area contributed by atoms with Gasteiger partial charge in [-0.15, -0.1) is 0 Å². The van der Waals surface area contributed by atoms with Crippen molar-refractivity contribution in [2.45, 2.75) is 64.5 Å². The lowest BCUT2D eigenvalue weighted by atomic mass is 9.64. The third-order valence-corrected chi connectivity index (χ3v) is 7.14. The zero-order valence-electron chi connectivity index (χ0n) is 19.7. The largest absolute Gasteiger partial charge is 0.349 e. The highest BCUT2D eigenvalue weighted by atomic mass is 16.2. The minimum absolute atomic E-state index is 0.00676. The molecule has 1 aliphatic carbocycles. The van der Waals surface area contributed by atoms with Crippen molar-refractivity contribution in [2.75, 3.05) is 19.6 Å². The third kappa shape index (κ3) is 4.89. The Morgan fingerprint density at radius 3 is 2.39 bits per heavy atom. The maximum absolute atomic E-state index is 13.3. The van der Waals surface area contributed by atoms with E-state index >= 15 is 0 Å². The van der Waals surface area contributed by atoms with Gasteiger partial charge >= 0.3 is 6.03 Å². The van der Waals surface area contributed by atoms with Gasteiger partial charge in [-0.1, -0.05) is 39.0 Å². The van der Waals surface area contributed by atoms with Gasteiger partial charge < -0.3 is 15.5 Å². The number of hydrogen-bond acceptors (Lipinski definition) is 4. The lowest BCUT2D eigenvalue weighted by Crippen LogP contribution is -2.54. The average molecular weight is 455 g/mol. The van der Waals surface area contributed by atoms with Crippen molar-refractivity contribution in [1.82, 2.24) is 20.4 Å². The lowest BCUT2D eigenvalue weighted by molar-refractivity contribution is -0.141. The molecule has 8 nitrogen and oxygen atoms in total. The van der Waals surface area contributed by atoms with Gasteiger partial charge in [0.25, 0.3) is 11.8 Å². The predicted octanol–water partition coefficient (Wildman–Crippen LogP) is 2.54. The number of nitrogens with one attached hydrogen (secondary N) is 2. The molecular formula is C25H34N4O4. The normalized spacial score (nSPS) is 27.5. The summed E-state index contributed by atoms with van der Waals surface area (Å²) in [5.41, 5.74) is -0.330. The highest BCUT2D eigenvalue weighted by molar-refractivity contribution is 6.09. The summed E-state index contributed by atoms with van der Waals surface area (Å²) in [4.78, 5) is 54.0. The van der Waals surface area contributed by atoms with Crippen molar-refractivity contribution in [1.29, 1.82) is 0 Å². The van der Waals surface area contributed by atoms with E-state index in [9.17, 15) is 19.2 Å². The fraction of sp³-hybridized carbons (Fsp3) is 0.600. The summed E-state index contributed by atoms with van der Waals surface area (Å²) >= 11 is 0. The zero-order chi connectivity index (χ0) is 23.8. The van der Waals surface area contributed by atoms with Gasteiger partial charge in [-0.2, -0.15) is 0 Å². The molecule has 3 aliphatic rings. The Bertz CT molecular complexity index is 939. The van der Waals surface area contributed by atoms with Crippen molar-refractivity contribution < 1.29 is 19.2 Å². The van der Waals surface area contributed by atoms with Crippen LogP contribution in [0.25, 0.3) is 0 Å². The van der Waals surface area contributed by atoms with E-state index < -0.39 is 11.6 Å². The quantitative estimate of drug-likeness (QED) is 0.683. The molecule has 33 heavy (non-hydrogen) atoms. The van der Waals surface area contributed by atoms with Crippen LogP contribution in [0, 0.1) is 11.3 Å². The number of imide groups is 1. The minimum atomic E-state index is -0.896. The molecule has 0 aromatic heterocycles. The van der Waals surface area contributed by atoms with Gasteiger partial charge in [-0.3, -0.25) is 19.3 Å². The van der Waals surface area contributed by atoms with Crippen LogP contribution < -0.4 is 10.6 Å². The Hall–Kier alpha value is -2.90. The van der Waals surface area contributed by atoms with Crippen LogP contribution in [-0.4, -0.2) is 64.8 Å². The van der Waals surface area contributed by atoms with Gasteiger partial charge in [-0.25, -0.2) is 4.79 Å². The fourth-order valence-electron chi connectivity index (χ4n) is 6.02. The number of urea groups is 1. The van der Waals surface area contributed by atoms with Crippen LogP contribution in [0.5, 0.6) is 0 Å². The predicted molar refractivity (Wildman–Crippen MR) is 123 cm³/mol. The topological polar surface area (TPSA) is 98.8 Å². The van der Waals surface area contributed by atoms with Gasteiger partial charge in [0, 0.05) is 24.7 Å². The number of hydrogen-bond donors (Lipinski definition) is 2. The van der Waals surface area contributed by atoms with Crippen molar-refractivity contribution in [3.63, 3.8) is 0 Å². The van der Waals surface area contributed by atoms with E-state index in [1.807, 2.05) is 18.2 Å². The summed E-state index contributed by atoms with van der Waals surface area (Å²) in [7, 11) is 0. The number of piperidine rings is 1. The molecule has 2 N–H and O–H groups in total. The zero-order valence-corrected chi connectivity index (χ0v) is 19.7. The lowest BCUT2D eigenvalue weighted by Gasteiger charge is -2.43. The van der Waals surface area contributed by atoms with Crippen LogP contribution in [0.15, 0.2) is 30.3 Å². The van der Waals surface area contributed by atoms with Crippen LogP contribution in [-0.2, 0) is 9.59 Å². The molecular weight excluding hydrogens is 420 g/mol. The first-order valence-corrected chi connectivity index (χ1v) is 11.9. The van der Waals surface area contributed by atoms with Crippen molar-refractivity contribution in [3.05, 3.63) is 35.9 Å². The summed E-state index contributed by atoms with van der Waals surface area (Å²) in [5, 5.41) is 5.95. The molecule has 1 aromatic rings. The first kappa shape index (κ1) is 23.3. The Morgan fingerprint density at radius 2 is 1.76 bits per heavy atom. The molecule has 5 amide bonds. The molecule has 1 aromatic carbocycles. The highest BCUT2D eigenvalue weighted by Gasteiger charge is 2.56. The molecule has 0 bridgehead atoms. The molecule has 3 fully saturated rings. The molecule has 2 unspecified atom stereocenters. The number of nitrogens with zero attached hydrogens (tertiary/aromatic N) is 2. The first-order chi connectivity index (χ1) is 15.6. The molecule has 2 saturated heterocycles. The second-order valence-corrected chi connectivity index (χ2v) is 10.8. The molecule has 4 rings (SSSR count). The number of likely N-dealkylation sites (tertiary alicyclic amines) is 1. The number of amides is 5. The second-order valence-electron chi connectivity index (χ2n) is 10.8. The summed E-state index contributed by atoms with van der Waals surface area (Å²) in [6.45, 7) is 7.09. The van der Waals surface area contributed by atoms with Crippen molar-refractivity contribution >= 4 is 23.8 Å². The fourth-order valence-corrected chi connectivity index (χ4v) is 6.02. The number of rotatable bonds is 4. The number of carbonyl (C=O) groups is 4. The van der Waals surface area contributed by atoms with E-state index in [0.717, 1.165) is 11.3 Å². The van der Waals surface area contributed by atoms with E-state index in [4.69, 9.17) is 0 Å².